The molecule has 1 aromatic carbocycles. The molecule has 0 aromatic heterocycles. The Kier molecular flexibility index (Phi) is 11.0. The zero-order chi connectivity index (χ0) is 19.6. The number of halogens is 1. The van der Waals surface area contributed by atoms with Gasteiger partial charge in [-0.1, -0.05) is 19.3 Å². The van der Waals surface area contributed by atoms with Crippen LogP contribution in [-0.4, -0.2) is 57.2 Å². The Bertz CT molecular complexity index is 646. The molecule has 0 bridgehead atoms. The molecule has 2 N–H and O–H groups in total. The molecule has 0 spiro atoms. The molecule has 2 rings (SSSR count). The lowest BCUT2D eigenvalue weighted by molar-refractivity contribution is -0.127. The first-order chi connectivity index (χ1) is 13.0. The number of methoxy groups -OCH3 is 1. The summed E-state index contributed by atoms with van der Waals surface area (Å²) in [6, 6.07) is 6.03. The van der Waals surface area contributed by atoms with Crippen LogP contribution in [0.1, 0.15) is 39.0 Å². The molecule has 1 aliphatic carbocycles. The molecule has 0 heterocycles. The number of hydrogen-bond donors (Lipinski definition) is 2. The average Bonchev–Trinajstić information content (AvgIpc) is 2.67. The van der Waals surface area contributed by atoms with Gasteiger partial charge in [0.1, 0.15) is 6.54 Å². The van der Waals surface area contributed by atoms with Crippen molar-refractivity contribution < 1.29 is 14.3 Å². The molecule has 1 saturated carbocycles. The van der Waals surface area contributed by atoms with Crippen molar-refractivity contribution in [3.05, 3.63) is 18.2 Å². The van der Waals surface area contributed by atoms with Gasteiger partial charge in [0.05, 0.1) is 13.7 Å². The second-order valence-corrected chi connectivity index (χ2v) is 6.86. The van der Waals surface area contributed by atoms with Gasteiger partial charge >= 0.3 is 0 Å². The summed E-state index contributed by atoms with van der Waals surface area (Å²) in [4.78, 5) is 18.0. The highest BCUT2D eigenvalue weighted by Gasteiger charge is 2.16. The molecule has 0 unspecified atom stereocenters. The van der Waals surface area contributed by atoms with Crippen molar-refractivity contribution >= 4 is 41.5 Å². The molecule has 1 amide bonds. The van der Waals surface area contributed by atoms with Crippen LogP contribution in [0.25, 0.3) is 0 Å². The minimum atomic E-state index is -0.0375. The van der Waals surface area contributed by atoms with Gasteiger partial charge in [-0.15, -0.1) is 24.0 Å². The van der Waals surface area contributed by atoms with Crippen LogP contribution in [0.5, 0.6) is 11.5 Å². The van der Waals surface area contributed by atoms with Crippen LogP contribution in [0, 0.1) is 0 Å². The molecule has 1 fully saturated rings. The zero-order valence-electron chi connectivity index (χ0n) is 17.3. The quantitative estimate of drug-likeness (QED) is 0.338. The smallest absolute Gasteiger partial charge is 0.243 e. The molecule has 8 heteroatoms. The molecule has 0 aliphatic heterocycles. The first-order valence-electron chi connectivity index (χ1n) is 9.62. The predicted molar refractivity (Wildman–Crippen MR) is 124 cm³/mol. The van der Waals surface area contributed by atoms with Crippen molar-refractivity contribution in [2.45, 2.75) is 45.1 Å². The Morgan fingerprint density at radius 2 is 1.93 bits per heavy atom. The number of guanidine groups is 1. The van der Waals surface area contributed by atoms with Gasteiger partial charge < -0.3 is 25.0 Å². The van der Waals surface area contributed by atoms with Gasteiger partial charge in [0.2, 0.25) is 5.91 Å². The van der Waals surface area contributed by atoms with Gasteiger partial charge in [-0.2, -0.15) is 0 Å². The number of carbonyl (C=O) groups is 1. The van der Waals surface area contributed by atoms with E-state index < -0.39 is 0 Å². The van der Waals surface area contributed by atoms with Crippen LogP contribution in [-0.2, 0) is 4.79 Å². The van der Waals surface area contributed by atoms with E-state index in [-0.39, 0.29) is 36.4 Å². The van der Waals surface area contributed by atoms with E-state index in [0.29, 0.717) is 30.1 Å². The van der Waals surface area contributed by atoms with E-state index in [2.05, 4.69) is 15.6 Å². The summed E-state index contributed by atoms with van der Waals surface area (Å²) >= 11 is 0. The van der Waals surface area contributed by atoms with E-state index in [1.807, 2.05) is 25.1 Å². The molecule has 0 radical (unpaired) electrons. The Morgan fingerprint density at radius 1 is 1.21 bits per heavy atom. The maximum atomic E-state index is 11.9. The lowest BCUT2D eigenvalue weighted by atomic mass is 9.96. The first kappa shape index (κ1) is 24.3. The molecular formula is C20H33IN4O3. The fraction of sp³-hybridized carbons (Fsp3) is 0.600. The topological polar surface area (TPSA) is 75.2 Å². The summed E-state index contributed by atoms with van der Waals surface area (Å²) in [5.74, 6) is 1.93. The fourth-order valence-corrected chi connectivity index (χ4v) is 3.01. The van der Waals surface area contributed by atoms with E-state index in [9.17, 15) is 4.79 Å². The minimum Gasteiger partial charge on any atom is -0.493 e. The monoisotopic (exact) mass is 504 g/mol. The van der Waals surface area contributed by atoms with E-state index in [1.165, 1.54) is 19.3 Å². The molecular weight excluding hydrogens is 471 g/mol. The number of ether oxygens (including phenoxy) is 2. The maximum absolute atomic E-state index is 11.9. The largest absolute Gasteiger partial charge is 0.493 e. The van der Waals surface area contributed by atoms with Crippen LogP contribution in [0.4, 0.5) is 5.69 Å². The number of carbonyl (C=O) groups excluding carboxylic acids is 1. The van der Waals surface area contributed by atoms with E-state index in [1.54, 1.807) is 26.1 Å². The van der Waals surface area contributed by atoms with Crippen molar-refractivity contribution in [1.82, 2.24) is 10.2 Å². The highest BCUT2D eigenvalue weighted by Crippen LogP contribution is 2.30. The summed E-state index contributed by atoms with van der Waals surface area (Å²) in [5.41, 5.74) is 0.832. The van der Waals surface area contributed by atoms with Crippen molar-refractivity contribution in [3.63, 3.8) is 0 Å². The normalized spacial score (nSPS) is 14.6. The number of amides is 1. The highest BCUT2D eigenvalue weighted by atomic mass is 127. The summed E-state index contributed by atoms with van der Waals surface area (Å²) in [5, 5.41) is 6.78. The van der Waals surface area contributed by atoms with Gasteiger partial charge in [-0.3, -0.25) is 4.79 Å². The lowest BCUT2D eigenvalue weighted by Gasteiger charge is -2.25. The summed E-state index contributed by atoms with van der Waals surface area (Å²) in [7, 11) is 5.09. The van der Waals surface area contributed by atoms with Crippen molar-refractivity contribution in [2.75, 3.05) is 39.7 Å². The van der Waals surface area contributed by atoms with E-state index in [4.69, 9.17) is 9.47 Å². The second-order valence-electron chi connectivity index (χ2n) is 6.86. The summed E-state index contributed by atoms with van der Waals surface area (Å²) in [6.45, 7) is 2.59. The SMILES string of the molecule is CCOc1cc(NC(=NCC(=O)N(C)C)NC2CCCCC2)ccc1OC.I. The van der Waals surface area contributed by atoms with Gasteiger partial charge in [-0.25, -0.2) is 4.99 Å². The number of nitrogens with one attached hydrogen (secondary N) is 2. The molecule has 0 saturated heterocycles. The van der Waals surface area contributed by atoms with Gasteiger partial charge in [0.25, 0.3) is 0 Å². The summed E-state index contributed by atoms with van der Waals surface area (Å²) < 4.78 is 11.0. The molecule has 1 aromatic rings. The third kappa shape index (κ3) is 7.73. The van der Waals surface area contributed by atoms with E-state index in [0.717, 1.165) is 18.5 Å². The number of hydrogen-bond acceptors (Lipinski definition) is 4. The summed E-state index contributed by atoms with van der Waals surface area (Å²) in [6.07, 6.45) is 5.97. The van der Waals surface area contributed by atoms with Crippen molar-refractivity contribution in [3.8, 4) is 11.5 Å². The Morgan fingerprint density at radius 3 is 2.54 bits per heavy atom. The lowest BCUT2D eigenvalue weighted by Crippen LogP contribution is -2.41. The third-order valence-electron chi connectivity index (χ3n) is 4.54. The van der Waals surface area contributed by atoms with Gasteiger partial charge in [-0.05, 0) is 31.9 Å². The highest BCUT2D eigenvalue weighted by molar-refractivity contribution is 14.0. The number of likely N-dealkylation sites (N-methyl/N-ethyl adjacent to an activating group) is 1. The molecule has 1 aliphatic rings. The molecule has 0 atom stereocenters. The van der Waals surface area contributed by atoms with Gasteiger partial charge in [0.15, 0.2) is 17.5 Å². The van der Waals surface area contributed by atoms with E-state index >= 15 is 0 Å². The fourth-order valence-electron chi connectivity index (χ4n) is 3.01. The Labute approximate surface area is 185 Å². The third-order valence-corrected chi connectivity index (χ3v) is 4.54. The Hall–Kier alpha value is -1.71. The number of anilines is 1. The average molecular weight is 504 g/mol. The zero-order valence-corrected chi connectivity index (χ0v) is 19.6. The first-order valence-corrected chi connectivity index (χ1v) is 9.62. The van der Waals surface area contributed by atoms with Crippen LogP contribution in [0.3, 0.4) is 0 Å². The standard InChI is InChI=1S/C20H32N4O3.HI/c1-5-27-18-13-16(11-12-17(18)26-4)23-20(21-14-19(25)24(2)3)22-15-9-7-6-8-10-15;/h11-13,15H,5-10,14H2,1-4H3,(H2,21,22,23);1H. The maximum Gasteiger partial charge on any atom is 0.243 e. The van der Waals surface area contributed by atoms with Gasteiger partial charge in [0, 0.05) is 31.9 Å². The van der Waals surface area contributed by atoms with Crippen molar-refractivity contribution in [1.29, 1.82) is 0 Å². The van der Waals surface area contributed by atoms with Crippen LogP contribution >= 0.6 is 24.0 Å². The molecule has 28 heavy (non-hydrogen) atoms. The number of nitrogens with zero attached hydrogens (tertiary/aromatic N) is 2. The molecule has 7 nitrogen and oxygen atoms in total. The number of benzene rings is 1. The van der Waals surface area contributed by atoms with Crippen LogP contribution in [0.15, 0.2) is 23.2 Å². The number of aliphatic imine (C=N–C) groups is 1. The second kappa shape index (κ2) is 12.7. The number of rotatable bonds is 7. The minimum absolute atomic E-state index is 0. The Balaban J connectivity index is 0.00000392. The van der Waals surface area contributed by atoms with Crippen LogP contribution in [0.2, 0.25) is 0 Å². The molecule has 158 valence electrons. The van der Waals surface area contributed by atoms with Crippen LogP contribution < -0.4 is 20.1 Å². The van der Waals surface area contributed by atoms with Crippen molar-refractivity contribution in [2.24, 2.45) is 4.99 Å². The predicted octanol–water partition coefficient (Wildman–Crippen LogP) is 3.49.